The van der Waals surface area contributed by atoms with Crippen LogP contribution in [0.2, 0.25) is 0 Å². The van der Waals surface area contributed by atoms with Gasteiger partial charge in [0.25, 0.3) is 0 Å². The Morgan fingerprint density at radius 2 is 1.52 bits per heavy atom. The minimum absolute atomic E-state index is 0.103. The van der Waals surface area contributed by atoms with Crippen LogP contribution in [0.3, 0.4) is 0 Å². The smallest absolute Gasteiger partial charge is 0.338 e. The summed E-state index contributed by atoms with van der Waals surface area (Å²) < 4.78 is 5.29. The molecule has 150 valence electrons. The van der Waals surface area contributed by atoms with Crippen LogP contribution >= 0.6 is 0 Å². The van der Waals surface area contributed by atoms with E-state index in [0.717, 1.165) is 0 Å². The molecule has 0 bridgehead atoms. The van der Waals surface area contributed by atoms with Gasteiger partial charge in [-0.25, -0.2) is 4.79 Å². The average molecular weight is 379 g/mol. The minimum Gasteiger partial charge on any atom is -0.480 e. The van der Waals surface area contributed by atoms with Crippen molar-refractivity contribution in [2.75, 3.05) is 0 Å². The molecule has 0 spiro atoms. The number of hydrogen-bond donors (Lipinski definition) is 3. The van der Waals surface area contributed by atoms with Crippen molar-refractivity contribution >= 4 is 17.9 Å². The molecule has 1 aromatic carbocycles. The highest BCUT2D eigenvalue weighted by molar-refractivity contribution is 5.89. The number of carboxylic acids is 2. The largest absolute Gasteiger partial charge is 0.480 e. The van der Waals surface area contributed by atoms with E-state index in [2.05, 4.69) is 5.32 Å². The first-order chi connectivity index (χ1) is 12.4. The van der Waals surface area contributed by atoms with Crippen LogP contribution in [0.1, 0.15) is 57.0 Å². The fourth-order valence-corrected chi connectivity index (χ4v) is 2.52. The van der Waals surface area contributed by atoms with Gasteiger partial charge in [0.15, 0.2) is 0 Å². The van der Waals surface area contributed by atoms with Crippen LogP contribution in [0.15, 0.2) is 24.3 Å². The number of ether oxygens (including phenoxy) is 1. The van der Waals surface area contributed by atoms with Gasteiger partial charge in [0.1, 0.15) is 17.7 Å². The summed E-state index contributed by atoms with van der Waals surface area (Å²) in [6, 6.07) is 4.46. The zero-order chi connectivity index (χ0) is 20.8. The summed E-state index contributed by atoms with van der Waals surface area (Å²) in [5.41, 5.74) is 0.448. The third kappa shape index (κ3) is 8.21. The molecule has 1 rings (SSSR count). The molecule has 0 fully saturated rings. The maximum absolute atomic E-state index is 12.0. The molecule has 2 atom stereocenters. The van der Waals surface area contributed by atoms with Crippen molar-refractivity contribution < 1.29 is 29.3 Å². The molecule has 7 nitrogen and oxygen atoms in total. The first-order valence-electron chi connectivity index (χ1n) is 8.93. The molecule has 0 saturated heterocycles. The lowest BCUT2D eigenvalue weighted by molar-refractivity contribution is -0.142. The van der Waals surface area contributed by atoms with Crippen molar-refractivity contribution in [1.29, 1.82) is 0 Å². The summed E-state index contributed by atoms with van der Waals surface area (Å²) in [6.45, 7) is 9.08. The van der Waals surface area contributed by atoms with E-state index in [9.17, 15) is 24.6 Å². The monoisotopic (exact) mass is 379 g/mol. The van der Waals surface area contributed by atoms with Gasteiger partial charge in [0.05, 0.1) is 5.56 Å². The van der Waals surface area contributed by atoms with Crippen LogP contribution < -0.4 is 5.32 Å². The second-order valence-electron chi connectivity index (χ2n) is 7.98. The van der Waals surface area contributed by atoms with Crippen molar-refractivity contribution in [3.8, 4) is 0 Å². The zero-order valence-corrected chi connectivity index (χ0v) is 16.5. The standard InChI is InChI=1S/C20H29NO6/c1-12(2)10-15(17(22)23)21-16(18(24)25)11-13-6-8-14(9-7-13)19(26)27-20(3,4)5/h6-9,12,15-16,21H,10-11H2,1-5H3,(H,22,23)(H,24,25)/t15-,16-/m0/s1. The van der Waals surface area contributed by atoms with Crippen molar-refractivity contribution in [2.24, 2.45) is 5.92 Å². The number of hydrogen-bond acceptors (Lipinski definition) is 5. The third-order valence-electron chi connectivity index (χ3n) is 3.73. The molecule has 0 aliphatic carbocycles. The lowest BCUT2D eigenvalue weighted by Gasteiger charge is -2.22. The van der Waals surface area contributed by atoms with E-state index in [1.807, 2.05) is 13.8 Å². The Balaban J connectivity index is 2.84. The number of carbonyl (C=O) groups is 3. The molecular weight excluding hydrogens is 350 g/mol. The number of carbonyl (C=O) groups excluding carboxylic acids is 1. The summed E-state index contributed by atoms with van der Waals surface area (Å²) in [5.74, 6) is -2.54. The van der Waals surface area contributed by atoms with E-state index in [0.29, 0.717) is 17.5 Å². The second-order valence-corrected chi connectivity index (χ2v) is 7.98. The molecule has 0 radical (unpaired) electrons. The molecule has 3 N–H and O–H groups in total. The lowest BCUT2D eigenvalue weighted by Crippen LogP contribution is -2.48. The molecule has 0 aliphatic heterocycles. The van der Waals surface area contributed by atoms with E-state index < -0.39 is 35.6 Å². The van der Waals surface area contributed by atoms with Crippen LogP contribution in [0.25, 0.3) is 0 Å². The number of carboxylic acid groups (broad SMARTS) is 2. The Morgan fingerprint density at radius 1 is 1.00 bits per heavy atom. The fourth-order valence-electron chi connectivity index (χ4n) is 2.52. The maximum atomic E-state index is 12.0. The minimum atomic E-state index is -1.12. The van der Waals surface area contributed by atoms with E-state index in [4.69, 9.17) is 4.74 Å². The first kappa shape index (κ1) is 22.6. The van der Waals surface area contributed by atoms with Crippen LogP contribution in [0.4, 0.5) is 0 Å². The first-order valence-corrected chi connectivity index (χ1v) is 8.93. The molecule has 0 aromatic heterocycles. The topological polar surface area (TPSA) is 113 Å². The van der Waals surface area contributed by atoms with Crippen LogP contribution in [-0.4, -0.2) is 45.8 Å². The number of benzene rings is 1. The Labute approximate surface area is 159 Å². The molecule has 1 aromatic rings. The highest BCUT2D eigenvalue weighted by atomic mass is 16.6. The summed E-state index contributed by atoms with van der Waals surface area (Å²) in [4.78, 5) is 35.0. The van der Waals surface area contributed by atoms with Gasteiger partial charge in [0.2, 0.25) is 0 Å². The van der Waals surface area contributed by atoms with E-state index in [1.165, 1.54) is 0 Å². The van der Waals surface area contributed by atoms with Gasteiger partial charge in [-0.2, -0.15) is 0 Å². The van der Waals surface area contributed by atoms with Gasteiger partial charge in [-0.15, -0.1) is 0 Å². The van der Waals surface area contributed by atoms with E-state index in [1.54, 1.807) is 45.0 Å². The Kier molecular flexibility index (Phi) is 7.97. The van der Waals surface area contributed by atoms with Gasteiger partial charge < -0.3 is 14.9 Å². The SMILES string of the molecule is CC(C)C[C@H](N[C@@H](Cc1ccc(C(=O)OC(C)(C)C)cc1)C(=O)O)C(=O)O. The van der Waals surface area contributed by atoms with Crippen molar-refractivity contribution in [2.45, 2.75) is 65.1 Å². The third-order valence-corrected chi connectivity index (χ3v) is 3.73. The van der Waals surface area contributed by atoms with Gasteiger partial charge in [0, 0.05) is 0 Å². The number of aliphatic carboxylic acids is 2. The van der Waals surface area contributed by atoms with Gasteiger partial charge in [-0.1, -0.05) is 26.0 Å². The zero-order valence-electron chi connectivity index (χ0n) is 16.5. The average Bonchev–Trinajstić information content (AvgIpc) is 2.51. The molecule has 7 heteroatoms. The lowest BCUT2D eigenvalue weighted by atomic mass is 10.00. The number of esters is 1. The number of nitrogens with one attached hydrogen (secondary N) is 1. The van der Waals surface area contributed by atoms with Crippen LogP contribution in [-0.2, 0) is 20.7 Å². The predicted molar refractivity (Wildman–Crippen MR) is 101 cm³/mol. The van der Waals surface area contributed by atoms with Gasteiger partial charge >= 0.3 is 17.9 Å². The second kappa shape index (κ2) is 9.50. The molecule has 27 heavy (non-hydrogen) atoms. The van der Waals surface area contributed by atoms with Crippen molar-refractivity contribution in [3.05, 3.63) is 35.4 Å². The highest BCUT2D eigenvalue weighted by Crippen LogP contribution is 2.14. The van der Waals surface area contributed by atoms with Crippen molar-refractivity contribution in [1.82, 2.24) is 5.32 Å². The van der Waals surface area contributed by atoms with E-state index >= 15 is 0 Å². The molecule has 0 amide bonds. The number of rotatable bonds is 9. The van der Waals surface area contributed by atoms with Crippen molar-refractivity contribution in [3.63, 3.8) is 0 Å². The summed E-state index contributed by atoms with van der Waals surface area (Å²) >= 11 is 0. The van der Waals surface area contributed by atoms with E-state index in [-0.39, 0.29) is 12.3 Å². The molecule has 0 unspecified atom stereocenters. The van der Waals surface area contributed by atoms with Gasteiger partial charge in [-0.3, -0.25) is 14.9 Å². The summed E-state index contributed by atoms with van der Waals surface area (Å²) in [6.07, 6.45) is 0.433. The van der Waals surface area contributed by atoms with Crippen LogP contribution in [0.5, 0.6) is 0 Å². The summed E-state index contributed by atoms with van der Waals surface area (Å²) in [7, 11) is 0. The van der Waals surface area contributed by atoms with Crippen LogP contribution in [0, 0.1) is 5.92 Å². The Morgan fingerprint density at radius 3 is 1.93 bits per heavy atom. The maximum Gasteiger partial charge on any atom is 0.338 e. The normalized spacial score (nSPS) is 13.9. The Bertz CT molecular complexity index is 660. The highest BCUT2D eigenvalue weighted by Gasteiger charge is 2.27. The van der Waals surface area contributed by atoms with Gasteiger partial charge in [-0.05, 0) is 57.2 Å². The molecular formula is C20H29NO6. The summed E-state index contributed by atoms with van der Waals surface area (Å²) in [5, 5.41) is 21.5. The molecule has 0 saturated carbocycles. The quantitative estimate of drug-likeness (QED) is 0.565. The Hall–Kier alpha value is -2.41. The molecule has 0 heterocycles. The predicted octanol–water partition coefficient (Wildman–Crippen LogP) is 2.73. The molecule has 0 aliphatic rings. The fraction of sp³-hybridized carbons (Fsp3) is 0.550.